The monoisotopic (exact) mass is 180 g/mol. The molecule has 1 aliphatic carbocycles. The van der Waals surface area contributed by atoms with Crippen LogP contribution in [0.3, 0.4) is 0 Å². The molecule has 0 aromatic rings. The van der Waals surface area contributed by atoms with Crippen LogP contribution in [0.25, 0.3) is 0 Å². The number of rotatable bonds is 1. The standard InChI is InChI=1S/C11H16O2/c1-7(2)9-6-8-4-3-5-13-11(8)10(9)12/h7,9H,3-6H2,1-2H3/t9-/m1/s1. The maximum atomic E-state index is 11.8. The number of hydrogen-bond acceptors (Lipinski definition) is 2. The molecule has 72 valence electrons. The molecule has 2 heteroatoms. The first kappa shape index (κ1) is 8.79. The Balaban J connectivity index is 2.19. The minimum Gasteiger partial charge on any atom is -0.490 e. The van der Waals surface area contributed by atoms with Crippen LogP contribution in [0.4, 0.5) is 0 Å². The topological polar surface area (TPSA) is 26.3 Å². The van der Waals surface area contributed by atoms with Crippen molar-refractivity contribution in [1.82, 2.24) is 0 Å². The summed E-state index contributed by atoms with van der Waals surface area (Å²) >= 11 is 0. The van der Waals surface area contributed by atoms with Crippen LogP contribution in [0.1, 0.15) is 33.1 Å². The van der Waals surface area contributed by atoms with Crippen molar-refractivity contribution in [3.8, 4) is 0 Å². The van der Waals surface area contributed by atoms with E-state index in [1.165, 1.54) is 5.57 Å². The minimum absolute atomic E-state index is 0.197. The van der Waals surface area contributed by atoms with Gasteiger partial charge in [0.05, 0.1) is 6.61 Å². The van der Waals surface area contributed by atoms with Crippen LogP contribution in [-0.4, -0.2) is 12.4 Å². The van der Waals surface area contributed by atoms with Gasteiger partial charge in [0.15, 0.2) is 5.76 Å². The van der Waals surface area contributed by atoms with Gasteiger partial charge < -0.3 is 4.74 Å². The Morgan fingerprint density at radius 1 is 1.46 bits per heavy atom. The zero-order valence-electron chi connectivity index (χ0n) is 8.30. The zero-order chi connectivity index (χ0) is 9.42. The summed E-state index contributed by atoms with van der Waals surface area (Å²) in [5.74, 6) is 1.61. The first-order chi connectivity index (χ1) is 6.20. The number of ketones is 1. The van der Waals surface area contributed by atoms with Gasteiger partial charge in [-0.1, -0.05) is 13.8 Å². The molecule has 2 nitrogen and oxygen atoms in total. The molecule has 1 heterocycles. The van der Waals surface area contributed by atoms with Crippen molar-refractivity contribution in [3.05, 3.63) is 11.3 Å². The summed E-state index contributed by atoms with van der Waals surface area (Å²) in [6, 6.07) is 0. The van der Waals surface area contributed by atoms with Crippen LogP contribution in [0.15, 0.2) is 11.3 Å². The number of carbonyl (C=O) groups is 1. The van der Waals surface area contributed by atoms with E-state index in [9.17, 15) is 4.79 Å². The molecule has 1 aliphatic heterocycles. The second-order valence-electron chi connectivity index (χ2n) is 4.30. The van der Waals surface area contributed by atoms with E-state index in [0.29, 0.717) is 11.7 Å². The molecule has 0 radical (unpaired) electrons. The quantitative estimate of drug-likeness (QED) is 0.619. The van der Waals surface area contributed by atoms with Gasteiger partial charge in [0, 0.05) is 5.92 Å². The lowest BCUT2D eigenvalue weighted by atomic mass is 9.91. The summed E-state index contributed by atoms with van der Waals surface area (Å²) in [7, 11) is 0. The molecule has 0 aromatic heterocycles. The molecule has 0 aromatic carbocycles. The van der Waals surface area contributed by atoms with Crippen molar-refractivity contribution in [2.45, 2.75) is 33.1 Å². The van der Waals surface area contributed by atoms with E-state index in [0.717, 1.165) is 25.9 Å². The molecule has 0 unspecified atom stereocenters. The van der Waals surface area contributed by atoms with Crippen molar-refractivity contribution < 1.29 is 9.53 Å². The highest BCUT2D eigenvalue weighted by Gasteiger charge is 2.37. The van der Waals surface area contributed by atoms with Gasteiger partial charge in [-0.3, -0.25) is 4.79 Å². The number of Topliss-reactive ketones (excluding diaryl/α,β-unsaturated/α-hetero) is 1. The SMILES string of the molecule is CC(C)[C@H]1CC2=C(OCCC2)C1=O. The van der Waals surface area contributed by atoms with E-state index < -0.39 is 0 Å². The maximum absolute atomic E-state index is 11.8. The highest BCUT2D eigenvalue weighted by atomic mass is 16.5. The third-order valence-corrected chi connectivity index (χ3v) is 3.02. The number of carbonyl (C=O) groups excluding carboxylic acids is 1. The summed E-state index contributed by atoms with van der Waals surface area (Å²) in [5, 5.41) is 0. The normalized spacial score (nSPS) is 27.9. The van der Waals surface area contributed by atoms with E-state index in [4.69, 9.17) is 4.74 Å². The molecule has 2 aliphatic rings. The first-order valence-corrected chi connectivity index (χ1v) is 5.09. The van der Waals surface area contributed by atoms with Crippen LogP contribution < -0.4 is 0 Å². The lowest BCUT2D eigenvalue weighted by Crippen LogP contribution is -2.17. The van der Waals surface area contributed by atoms with Crippen molar-refractivity contribution in [1.29, 1.82) is 0 Å². The van der Waals surface area contributed by atoms with E-state index in [1.54, 1.807) is 0 Å². The molecule has 2 rings (SSSR count). The van der Waals surface area contributed by atoms with Crippen molar-refractivity contribution in [3.63, 3.8) is 0 Å². The van der Waals surface area contributed by atoms with Gasteiger partial charge in [0.2, 0.25) is 5.78 Å². The average molecular weight is 180 g/mol. The lowest BCUT2D eigenvalue weighted by Gasteiger charge is -2.13. The maximum Gasteiger partial charge on any atom is 0.200 e. The van der Waals surface area contributed by atoms with Crippen LogP contribution in [0.2, 0.25) is 0 Å². The van der Waals surface area contributed by atoms with E-state index in [1.807, 2.05) is 0 Å². The van der Waals surface area contributed by atoms with Crippen LogP contribution in [-0.2, 0) is 9.53 Å². The second kappa shape index (κ2) is 3.17. The fourth-order valence-electron chi connectivity index (χ4n) is 2.18. The summed E-state index contributed by atoms with van der Waals surface area (Å²) in [6.45, 7) is 4.96. The summed E-state index contributed by atoms with van der Waals surface area (Å²) in [5.41, 5.74) is 1.27. The van der Waals surface area contributed by atoms with Gasteiger partial charge in [-0.05, 0) is 30.8 Å². The molecule has 0 amide bonds. The van der Waals surface area contributed by atoms with Gasteiger partial charge in [-0.2, -0.15) is 0 Å². The Labute approximate surface area is 79.0 Å². The highest BCUT2D eigenvalue weighted by molar-refractivity contribution is 5.99. The Kier molecular flexibility index (Phi) is 2.14. The number of ether oxygens (including phenoxy) is 1. The average Bonchev–Trinajstić information content (AvgIpc) is 2.45. The van der Waals surface area contributed by atoms with Gasteiger partial charge in [-0.15, -0.1) is 0 Å². The van der Waals surface area contributed by atoms with Crippen LogP contribution in [0, 0.1) is 11.8 Å². The van der Waals surface area contributed by atoms with E-state index in [2.05, 4.69) is 13.8 Å². The Bertz CT molecular complexity index is 263. The molecule has 0 N–H and O–H groups in total. The molecule has 0 bridgehead atoms. The predicted octanol–water partition coefficient (Wildman–Crippen LogP) is 2.30. The van der Waals surface area contributed by atoms with Crippen molar-refractivity contribution in [2.24, 2.45) is 11.8 Å². The molecule has 0 saturated carbocycles. The van der Waals surface area contributed by atoms with E-state index >= 15 is 0 Å². The van der Waals surface area contributed by atoms with Crippen LogP contribution in [0.5, 0.6) is 0 Å². The van der Waals surface area contributed by atoms with Crippen LogP contribution >= 0.6 is 0 Å². The molecule has 13 heavy (non-hydrogen) atoms. The molecule has 0 spiro atoms. The molecule has 0 saturated heterocycles. The van der Waals surface area contributed by atoms with Gasteiger partial charge in [0.25, 0.3) is 0 Å². The predicted molar refractivity (Wildman–Crippen MR) is 50.2 cm³/mol. The third kappa shape index (κ3) is 1.38. The highest BCUT2D eigenvalue weighted by Crippen LogP contribution is 2.37. The molecular weight excluding hydrogens is 164 g/mol. The van der Waals surface area contributed by atoms with E-state index in [-0.39, 0.29) is 11.7 Å². The molecular formula is C11H16O2. The van der Waals surface area contributed by atoms with Crippen molar-refractivity contribution >= 4 is 5.78 Å². The smallest absolute Gasteiger partial charge is 0.200 e. The number of hydrogen-bond donors (Lipinski definition) is 0. The van der Waals surface area contributed by atoms with Gasteiger partial charge in [0.1, 0.15) is 0 Å². The fraction of sp³-hybridized carbons (Fsp3) is 0.727. The fourth-order valence-corrected chi connectivity index (χ4v) is 2.18. The lowest BCUT2D eigenvalue weighted by molar-refractivity contribution is -0.122. The summed E-state index contributed by atoms with van der Waals surface area (Å²) < 4.78 is 5.42. The number of allylic oxidation sites excluding steroid dienone is 2. The second-order valence-corrected chi connectivity index (χ2v) is 4.30. The Morgan fingerprint density at radius 3 is 2.85 bits per heavy atom. The van der Waals surface area contributed by atoms with Crippen molar-refractivity contribution in [2.75, 3.05) is 6.61 Å². The Morgan fingerprint density at radius 2 is 2.23 bits per heavy atom. The first-order valence-electron chi connectivity index (χ1n) is 5.09. The Hall–Kier alpha value is -0.790. The minimum atomic E-state index is 0.197. The van der Waals surface area contributed by atoms with Gasteiger partial charge >= 0.3 is 0 Å². The molecule has 1 atom stereocenters. The molecule has 0 fully saturated rings. The largest absolute Gasteiger partial charge is 0.490 e. The van der Waals surface area contributed by atoms with Gasteiger partial charge in [-0.25, -0.2) is 0 Å². The summed E-state index contributed by atoms with van der Waals surface area (Å²) in [4.78, 5) is 11.8. The third-order valence-electron chi connectivity index (χ3n) is 3.02. The summed E-state index contributed by atoms with van der Waals surface area (Å²) in [6.07, 6.45) is 3.10. The zero-order valence-corrected chi connectivity index (χ0v) is 8.30.